The molecule has 1 aromatic carbocycles. The van der Waals surface area contributed by atoms with Crippen LogP contribution in [0.4, 0.5) is 0 Å². The Morgan fingerprint density at radius 1 is 1.30 bits per heavy atom. The first kappa shape index (κ1) is 20.6. The zero-order valence-corrected chi connectivity index (χ0v) is 17.9. The third kappa shape index (κ3) is 4.26. The standard InChI is InChI=1S/C23H31N5O2/c1-3-17-7-4-5-11-27(17)12-6-10-24-21(29)15-28-23(30)22-19(14-25-28)18-13-16(2)8-9-20(18)26-22/h8-9,13-14,17,26H,3-7,10-12,15H2,1-2H3,(H,24,29)/t17-/m0/s1. The molecule has 0 radical (unpaired) electrons. The number of hydrogen-bond acceptors (Lipinski definition) is 4. The first-order chi connectivity index (χ1) is 14.6. The van der Waals surface area contributed by atoms with Crippen molar-refractivity contribution in [3.8, 4) is 0 Å². The lowest BCUT2D eigenvalue weighted by Crippen LogP contribution is -2.41. The van der Waals surface area contributed by atoms with E-state index in [0.717, 1.165) is 41.4 Å². The van der Waals surface area contributed by atoms with E-state index in [2.05, 4.69) is 27.2 Å². The van der Waals surface area contributed by atoms with Gasteiger partial charge in [-0.05, 0) is 51.3 Å². The molecule has 0 unspecified atom stereocenters. The molecule has 0 spiro atoms. The highest BCUT2D eigenvalue weighted by atomic mass is 16.2. The third-order valence-electron chi connectivity index (χ3n) is 6.23. The monoisotopic (exact) mass is 409 g/mol. The van der Waals surface area contributed by atoms with Crippen molar-refractivity contribution in [3.63, 3.8) is 0 Å². The van der Waals surface area contributed by atoms with E-state index in [1.54, 1.807) is 6.20 Å². The summed E-state index contributed by atoms with van der Waals surface area (Å²) in [5.74, 6) is -0.179. The second-order valence-corrected chi connectivity index (χ2v) is 8.37. The molecular weight excluding hydrogens is 378 g/mol. The van der Waals surface area contributed by atoms with Gasteiger partial charge in [0.2, 0.25) is 5.91 Å². The highest BCUT2D eigenvalue weighted by Crippen LogP contribution is 2.23. The minimum absolute atomic E-state index is 0.0650. The predicted octanol–water partition coefficient (Wildman–Crippen LogP) is 2.96. The van der Waals surface area contributed by atoms with Gasteiger partial charge in [0.05, 0.1) is 6.20 Å². The number of nitrogens with one attached hydrogen (secondary N) is 2. The number of benzene rings is 1. The second-order valence-electron chi connectivity index (χ2n) is 8.37. The van der Waals surface area contributed by atoms with Crippen LogP contribution < -0.4 is 10.9 Å². The number of nitrogens with zero attached hydrogens (tertiary/aromatic N) is 3. The first-order valence-electron chi connectivity index (χ1n) is 11.1. The topological polar surface area (TPSA) is 83.0 Å². The molecule has 7 heteroatoms. The third-order valence-corrected chi connectivity index (χ3v) is 6.23. The zero-order valence-electron chi connectivity index (χ0n) is 17.9. The molecule has 1 saturated heterocycles. The van der Waals surface area contributed by atoms with Gasteiger partial charge in [-0.2, -0.15) is 5.10 Å². The lowest BCUT2D eigenvalue weighted by Gasteiger charge is -2.35. The van der Waals surface area contributed by atoms with Crippen LogP contribution in [0.2, 0.25) is 0 Å². The van der Waals surface area contributed by atoms with Crippen molar-refractivity contribution in [3.05, 3.63) is 40.3 Å². The van der Waals surface area contributed by atoms with Crippen LogP contribution in [0.5, 0.6) is 0 Å². The number of carbonyl (C=O) groups is 1. The molecule has 1 aliphatic heterocycles. The van der Waals surface area contributed by atoms with E-state index in [4.69, 9.17) is 0 Å². The Morgan fingerprint density at radius 2 is 2.17 bits per heavy atom. The van der Waals surface area contributed by atoms with Gasteiger partial charge in [-0.25, -0.2) is 4.68 Å². The Bertz CT molecular complexity index is 1100. The molecule has 30 heavy (non-hydrogen) atoms. The van der Waals surface area contributed by atoms with Gasteiger partial charge in [0.1, 0.15) is 12.1 Å². The summed E-state index contributed by atoms with van der Waals surface area (Å²) in [5, 5.41) is 8.95. The normalized spacial score (nSPS) is 17.6. The summed E-state index contributed by atoms with van der Waals surface area (Å²) in [6.45, 7) is 7.00. The summed E-state index contributed by atoms with van der Waals surface area (Å²) < 4.78 is 1.23. The number of aromatic nitrogens is 3. The molecule has 0 saturated carbocycles. The van der Waals surface area contributed by atoms with Crippen molar-refractivity contribution in [2.75, 3.05) is 19.6 Å². The number of hydrogen-bond donors (Lipinski definition) is 2. The molecule has 4 rings (SSSR count). The van der Waals surface area contributed by atoms with Gasteiger partial charge in [-0.1, -0.05) is 25.0 Å². The first-order valence-corrected chi connectivity index (χ1v) is 11.1. The van der Waals surface area contributed by atoms with Crippen LogP contribution in [0, 0.1) is 6.92 Å². The number of fused-ring (bicyclic) bond motifs is 3. The van der Waals surface area contributed by atoms with E-state index in [0.29, 0.717) is 18.1 Å². The molecule has 3 heterocycles. The van der Waals surface area contributed by atoms with E-state index in [9.17, 15) is 9.59 Å². The van der Waals surface area contributed by atoms with E-state index in [1.807, 2.05) is 25.1 Å². The maximum absolute atomic E-state index is 12.8. The molecule has 7 nitrogen and oxygen atoms in total. The van der Waals surface area contributed by atoms with Crippen molar-refractivity contribution >= 4 is 27.7 Å². The average Bonchev–Trinajstić information content (AvgIpc) is 3.12. The minimum atomic E-state index is -0.268. The summed E-state index contributed by atoms with van der Waals surface area (Å²) >= 11 is 0. The Morgan fingerprint density at radius 3 is 3.00 bits per heavy atom. The van der Waals surface area contributed by atoms with Gasteiger partial charge in [0.25, 0.3) is 5.56 Å². The Kier molecular flexibility index (Phi) is 6.18. The van der Waals surface area contributed by atoms with Crippen LogP contribution in [0.25, 0.3) is 21.8 Å². The molecule has 160 valence electrons. The fraction of sp³-hybridized carbons (Fsp3) is 0.522. The van der Waals surface area contributed by atoms with Crippen molar-refractivity contribution in [1.29, 1.82) is 0 Å². The summed E-state index contributed by atoms with van der Waals surface area (Å²) in [6.07, 6.45) is 7.67. The van der Waals surface area contributed by atoms with Crippen LogP contribution in [-0.2, 0) is 11.3 Å². The number of aryl methyl sites for hydroxylation is 1. The fourth-order valence-electron chi connectivity index (χ4n) is 4.57. The average molecular weight is 410 g/mol. The number of H-pyrrole nitrogens is 1. The lowest BCUT2D eigenvalue weighted by molar-refractivity contribution is -0.121. The largest absolute Gasteiger partial charge is 0.354 e. The number of rotatable bonds is 7. The number of carbonyl (C=O) groups excluding carboxylic acids is 1. The Balaban J connectivity index is 1.35. The molecule has 1 aliphatic rings. The molecule has 3 aromatic rings. The van der Waals surface area contributed by atoms with Crippen molar-refractivity contribution < 1.29 is 4.79 Å². The van der Waals surface area contributed by atoms with Crippen LogP contribution in [0.1, 0.15) is 44.6 Å². The highest BCUT2D eigenvalue weighted by Gasteiger charge is 2.20. The van der Waals surface area contributed by atoms with E-state index < -0.39 is 0 Å². The summed E-state index contributed by atoms with van der Waals surface area (Å²) in [7, 11) is 0. The number of piperidine rings is 1. The van der Waals surface area contributed by atoms with Crippen LogP contribution in [-0.4, -0.2) is 51.2 Å². The van der Waals surface area contributed by atoms with Crippen LogP contribution in [0.15, 0.2) is 29.2 Å². The van der Waals surface area contributed by atoms with Gasteiger partial charge < -0.3 is 15.2 Å². The molecule has 1 amide bonds. The summed E-state index contributed by atoms with van der Waals surface area (Å²) in [4.78, 5) is 30.9. The predicted molar refractivity (Wildman–Crippen MR) is 120 cm³/mol. The Hall–Kier alpha value is -2.67. The highest BCUT2D eigenvalue weighted by molar-refractivity contribution is 6.06. The Labute approximate surface area is 176 Å². The molecule has 0 aliphatic carbocycles. The maximum atomic E-state index is 12.8. The van der Waals surface area contributed by atoms with Gasteiger partial charge >= 0.3 is 0 Å². The SMILES string of the molecule is CC[C@H]1CCCCN1CCCNC(=O)Cn1ncc2c([nH]c3ccc(C)cc32)c1=O. The smallest absolute Gasteiger partial charge is 0.291 e. The summed E-state index contributed by atoms with van der Waals surface area (Å²) in [6, 6.07) is 6.69. The van der Waals surface area contributed by atoms with Gasteiger partial charge in [0.15, 0.2) is 0 Å². The summed E-state index contributed by atoms with van der Waals surface area (Å²) in [5.41, 5.74) is 2.26. The van der Waals surface area contributed by atoms with E-state index >= 15 is 0 Å². The molecule has 1 fully saturated rings. The number of likely N-dealkylation sites (tertiary alicyclic amines) is 1. The van der Waals surface area contributed by atoms with Crippen molar-refractivity contribution in [2.24, 2.45) is 0 Å². The lowest BCUT2D eigenvalue weighted by atomic mass is 10.00. The van der Waals surface area contributed by atoms with Gasteiger partial charge in [-0.3, -0.25) is 9.59 Å². The number of aromatic amines is 1. The molecule has 2 aromatic heterocycles. The maximum Gasteiger partial charge on any atom is 0.291 e. The molecular formula is C23H31N5O2. The van der Waals surface area contributed by atoms with Crippen LogP contribution in [0.3, 0.4) is 0 Å². The van der Waals surface area contributed by atoms with Crippen molar-refractivity contribution in [2.45, 2.75) is 58.5 Å². The number of amides is 1. The molecule has 1 atom stereocenters. The van der Waals surface area contributed by atoms with E-state index in [-0.39, 0.29) is 18.0 Å². The second kappa shape index (κ2) is 9.00. The zero-order chi connectivity index (χ0) is 21.1. The van der Waals surface area contributed by atoms with Gasteiger partial charge in [0, 0.05) is 35.4 Å². The van der Waals surface area contributed by atoms with Crippen LogP contribution >= 0.6 is 0 Å². The molecule has 0 bridgehead atoms. The minimum Gasteiger partial charge on any atom is -0.354 e. The molecule has 2 N–H and O–H groups in total. The quantitative estimate of drug-likeness (QED) is 0.588. The van der Waals surface area contributed by atoms with E-state index in [1.165, 1.54) is 30.4 Å². The van der Waals surface area contributed by atoms with Gasteiger partial charge in [-0.15, -0.1) is 0 Å². The fourth-order valence-corrected chi connectivity index (χ4v) is 4.57. The van der Waals surface area contributed by atoms with Crippen molar-refractivity contribution in [1.82, 2.24) is 25.0 Å².